The van der Waals surface area contributed by atoms with E-state index in [-0.39, 0.29) is 17.7 Å². The average Bonchev–Trinajstić information content (AvgIpc) is 3.22. The smallest absolute Gasteiger partial charge is 0.228 e. The Morgan fingerprint density at radius 3 is 2.35 bits per heavy atom. The third-order valence-corrected chi connectivity index (χ3v) is 7.78. The number of likely N-dealkylation sites (tertiary alicyclic amines) is 1. The summed E-state index contributed by atoms with van der Waals surface area (Å²) in [5.41, 5.74) is 5.77. The number of anilines is 3. The number of hydrogen-bond acceptors (Lipinski definition) is 5. The van der Waals surface area contributed by atoms with Crippen molar-refractivity contribution in [1.82, 2.24) is 14.7 Å². The van der Waals surface area contributed by atoms with Gasteiger partial charge in [-0.15, -0.1) is 0 Å². The van der Waals surface area contributed by atoms with Gasteiger partial charge in [-0.25, -0.2) is 0 Å². The van der Waals surface area contributed by atoms with E-state index in [4.69, 9.17) is 0 Å². The van der Waals surface area contributed by atoms with E-state index in [1.165, 1.54) is 24.1 Å². The predicted octanol–water partition coefficient (Wildman–Crippen LogP) is 4.34. The molecule has 7 heteroatoms. The van der Waals surface area contributed by atoms with Gasteiger partial charge < -0.3 is 24.9 Å². The summed E-state index contributed by atoms with van der Waals surface area (Å²) in [4.78, 5) is 33.4. The highest BCUT2D eigenvalue weighted by molar-refractivity contribution is 5.89. The van der Waals surface area contributed by atoms with Crippen molar-refractivity contribution in [2.75, 3.05) is 64.1 Å². The highest BCUT2D eigenvalue weighted by atomic mass is 16.2. The second kappa shape index (κ2) is 12.0. The molecule has 0 radical (unpaired) electrons. The lowest BCUT2D eigenvalue weighted by molar-refractivity contribution is -0.136. The van der Waals surface area contributed by atoms with Crippen LogP contribution in [0.1, 0.15) is 37.3 Å². The second-order valence-corrected chi connectivity index (χ2v) is 11.2. The van der Waals surface area contributed by atoms with Gasteiger partial charge in [0.15, 0.2) is 0 Å². The Bertz CT molecular complexity index is 1080. The van der Waals surface area contributed by atoms with E-state index in [0.29, 0.717) is 26.1 Å². The van der Waals surface area contributed by atoms with Crippen LogP contribution in [-0.4, -0.2) is 80.4 Å². The zero-order valence-electron chi connectivity index (χ0n) is 23.2. The summed E-state index contributed by atoms with van der Waals surface area (Å²) in [5, 5.41) is 3.56. The van der Waals surface area contributed by atoms with Crippen molar-refractivity contribution >= 4 is 28.9 Å². The molecular formula is C30H43N5O2. The minimum Gasteiger partial charge on any atom is -0.372 e. The first-order chi connectivity index (χ1) is 17.7. The van der Waals surface area contributed by atoms with E-state index in [0.717, 1.165) is 42.5 Å². The van der Waals surface area contributed by atoms with Crippen LogP contribution in [0.15, 0.2) is 42.5 Å². The molecule has 0 spiro atoms. The first-order valence-corrected chi connectivity index (χ1v) is 13.6. The highest BCUT2D eigenvalue weighted by Gasteiger charge is 2.34. The van der Waals surface area contributed by atoms with Crippen molar-refractivity contribution in [2.24, 2.45) is 11.8 Å². The normalized spacial score (nSPS) is 18.5. The van der Waals surface area contributed by atoms with Gasteiger partial charge in [0.25, 0.3) is 0 Å². The number of piperidine rings is 1. The molecule has 2 aromatic rings. The molecule has 1 N–H and O–H groups in total. The Balaban J connectivity index is 1.39. The maximum Gasteiger partial charge on any atom is 0.228 e. The molecule has 37 heavy (non-hydrogen) atoms. The van der Waals surface area contributed by atoms with Crippen LogP contribution < -0.4 is 10.2 Å². The third-order valence-electron chi connectivity index (χ3n) is 7.78. The number of aryl methyl sites for hydroxylation is 1. The summed E-state index contributed by atoms with van der Waals surface area (Å²) >= 11 is 0. The summed E-state index contributed by atoms with van der Waals surface area (Å²) in [6, 6.07) is 15.0. The number of benzene rings is 2. The van der Waals surface area contributed by atoms with E-state index in [9.17, 15) is 9.59 Å². The van der Waals surface area contributed by atoms with Gasteiger partial charge in [-0.3, -0.25) is 9.59 Å². The Kier molecular flexibility index (Phi) is 8.75. The first kappa shape index (κ1) is 27.0. The third kappa shape index (κ3) is 7.04. The fraction of sp³-hybridized carbons (Fsp3) is 0.533. The number of hydrogen-bond donors (Lipinski definition) is 1. The second-order valence-electron chi connectivity index (χ2n) is 11.2. The first-order valence-electron chi connectivity index (χ1n) is 13.6. The van der Waals surface area contributed by atoms with E-state index in [1.54, 1.807) is 11.9 Å². The van der Waals surface area contributed by atoms with Crippen LogP contribution in [0, 0.1) is 18.8 Å². The molecule has 0 aliphatic carbocycles. The minimum atomic E-state index is -0.250. The minimum absolute atomic E-state index is 0.0511. The van der Waals surface area contributed by atoms with Crippen molar-refractivity contribution in [3.63, 3.8) is 0 Å². The van der Waals surface area contributed by atoms with Crippen LogP contribution in [0.3, 0.4) is 0 Å². The fourth-order valence-corrected chi connectivity index (χ4v) is 5.20. The van der Waals surface area contributed by atoms with Crippen LogP contribution in [-0.2, 0) is 16.1 Å². The quantitative estimate of drug-likeness (QED) is 0.549. The SMILES string of the molecule is Cc1cc(N2CCC(C)CC2)ccc1Nc1ccc(CN(CCN(C)C)C(=O)C2CC(=O)N(C)C2)cc1. The zero-order valence-corrected chi connectivity index (χ0v) is 23.2. The monoisotopic (exact) mass is 505 g/mol. The van der Waals surface area contributed by atoms with Crippen molar-refractivity contribution < 1.29 is 9.59 Å². The summed E-state index contributed by atoms with van der Waals surface area (Å²) in [5.74, 6) is 0.698. The van der Waals surface area contributed by atoms with Crippen molar-refractivity contribution in [3.05, 3.63) is 53.6 Å². The molecule has 200 valence electrons. The van der Waals surface area contributed by atoms with Gasteiger partial charge in [-0.1, -0.05) is 19.1 Å². The molecule has 2 fully saturated rings. The number of likely N-dealkylation sites (N-methyl/N-ethyl adjacent to an activating group) is 1. The zero-order chi connectivity index (χ0) is 26.5. The molecule has 0 saturated carbocycles. The van der Waals surface area contributed by atoms with Gasteiger partial charge in [0.1, 0.15) is 0 Å². The lowest BCUT2D eigenvalue weighted by atomic mass is 9.98. The maximum absolute atomic E-state index is 13.3. The molecule has 0 bridgehead atoms. The Morgan fingerprint density at radius 2 is 1.76 bits per heavy atom. The average molecular weight is 506 g/mol. The molecule has 4 rings (SSSR count). The molecule has 2 heterocycles. The van der Waals surface area contributed by atoms with Crippen LogP contribution in [0.4, 0.5) is 17.1 Å². The molecule has 2 aliphatic heterocycles. The van der Waals surface area contributed by atoms with Crippen molar-refractivity contribution in [3.8, 4) is 0 Å². The number of carbonyl (C=O) groups is 2. The summed E-state index contributed by atoms with van der Waals surface area (Å²) < 4.78 is 0. The Labute approximate surface area is 222 Å². The number of carbonyl (C=O) groups excluding carboxylic acids is 2. The standard InChI is InChI=1S/C30H43N5O2/c1-22-12-14-34(15-13-22)27-10-11-28(23(2)18-27)31-26-8-6-24(7-9-26)20-35(17-16-32(3)4)30(37)25-19-29(36)33(5)21-25/h6-11,18,22,25,31H,12-17,19-21H2,1-5H3. The van der Waals surface area contributed by atoms with Gasteiger partial charge in [-0.2, -0.15) is 0 Å². The molecule has 2 amide bonds. The van der Waals surface area contributed by atoms with Gasteiger partial charge in [0, 0.05) is 69.8 Å². The van der Waals surface area contributed by atoms with Gasteiger partial charge >= 0.3 is 0 Å². The van der Waals surface area contributed by atoms with Crippen LogP contribution in [0.25, 0.3) is 0 Å². The van der Waals surface area contributed by atoms with Crippen molar-refractivity contribution in [2.45, 2.75) is 39.7 Å². The highest BCUT2D eigenvalue weighted by Crippen LogP contribution is 2.29. The molecule has 2 saturated heterocycles. The molecular weight excluding hydrogens is 462 g/mol. The lowest BCUT2D eigenvalue weighted by Gasteiger charge is -2.32. The molecule has 1 unspecified atom stereocenters. The summed E-state index contributed by atoms with van der Waals surface area (Å²) in [6.07, 6.45) is 2.84. The maximum atomic E-state index is 13.3. The molecule has 2 aliphatic rings. The van der Waals surface area contributed by atoms with Crippen molar-refractivity contribution in [1.29, 1.82) is 0 Å². The topological polar surface area (TPSA) is 59.1 Å². The van der Waals surface area contributed by atoms with E-state index >= 15 is 0 Å². The Morgan fingerprint density at radius 1 is 1.05 bits per heavy atom. The van der Waals surface area contributed by atoms with Gasteiger partial charge in [-0.05, 0) is 81.2 Å². The molecule has 7 nitrogen and oxygen atoms in total. The number of rotatable bonds is 9. The molecule has 0 aromatic heterocycles. The van der Waals surface area contributed by atoms with Crippen LogP contribution in [0.5, 0.6) is 0 Å². The fourth-order valence-electron chi connectivity index (χ4n) is 5.20. The Hall–Kier alpha value is -3.06. The summed E-state index contributed by atoms with van der Waals surface area (Å²) in [7, 11) is 5.80. The largest absolute Gasteiger partial charge is 0.372 e. The predicted molar refractivity (Wildman–Crippen MR) is 151 cm³/mol. The molecule has 1 atom stereocenters. The number of nitrogens with one attached hydrogen (secondary N) is 1. The number of nitrogens with zero attached hydrogens (tertiary/aromatic N) is 4. The van der Waals surface area contributed by atoms with Crippen LogP contribution in [0.2, 0.25) is 0 Å². The van der Waals surface area contributed by atoms with E-state index < -0.39 is 0 Å². The lowest BCUT2D eigenvalue weighted by Crippen LogP contribution is -2.40. The van der Waals surface area contributed by atoms with E-state index in [2.05, 4.69) is 71.4 Å². The van der Waals surface area contributed by atoms with Crippen LogP contribution >= 0.6 is 0 Å². The van der Waals surface area contributed by atoms with Gasteiger partial charge in [0.2, 0.25) is 11.8 Å². The summed E-state index contributed by atoms with van der Waals surface area (Å²) in [6.45, 7) is 9.25. The molecule has 2 aromatic carbocycles. The van der Waals surface area contributed by atoms with Gasteiger partial charge in [0.05, 0.1) is 5.92 Å². The number of amides is 2. The van der Waals surface area contributed by atoms with E-state index in [1.807, 2.05) is 19.0 Å².